The second kappa shape index (κ2) is 6.61. The molecule has 0 aliphatic carbocycles. The van der Waals surface area contributed by atoms with Crippen molar-refractivity contribution in [3.05, 3.63) is 77.4 Å². The lowest BCUT2D eigenvalue weighted by atomic mass is 10.00. The zero-order valence-electron chi connectivity index (χ0n) is 13.0. The van der Waals surface area contributed by atoms with Crippen LogP contribution in [0.25, 0.3) is 5.70 Å². The fourth-order valence-corrected chi connectivity index (χ4v) is 3.07. The molecule has 0 aromatic heterocycles. The lowest BCUT2D eigenvalue weighted by Crippen LogP contribution is -2.17. The summed E-state index contributed by atoms with van der Waals surface area (Å²) in [5.41, 5.74) is 3.86. The number of carbonyl (C=O) groups is 1. The van der Waals surface area contributed by atoms with Crippen molar-refractivity contribution in [1.29, 1.82) is 0 Å². The lowest BCUT2D eigenvalue weighted by Gasteiger charge is -2.22. The van der Waals surface area contributed by atoms with Crippen molar-refractivity contribution in [2.75, 3.05) is 13.1 Å². The van der Waals surface area contributed by atoms with Crippen LogP contribution in [-0.2, 0) is 0 Å². The largest absolute Gasteiger partial charge is 0.371 e. The van der Waals surface area contributed by atoms with Gasteiger partial charge in [0.15, 0.2) is 5.78 Å². The van der Waals surface area contributed by atoms with Gasteiger partial charge in [-0.15, -0.1) is 0 Å². The van der Waals surface area contributed by atoms with E-state index >= 15 is 0 Å². The first-order chi connectivity index (χ1) is 10.8. The zero-order chi connectivity index (χ0) is 15.4. The third-order valence-corrected chi connectivity index (χ3v) is 4.18. The highest BCUT2D eigenvalue weighted by Crippen LogP contribution is 2.25. The monoisotopic (exact) mass is 291 g/mol. The number of carbonyl (C=O) groups excluding carboxylic acids is 1. The van der Waals surface area contributed by atoms with Crippen LogP contribution in [0.1, 0.15) is 41.3 Å². The topological polar surface area (TPSA) is 20.3 Å². The Bertz CT molecular complexity index is 682. The second-order valence-electron chi connectivity index (χ2n) is 5.64. The summed E-state index contributed by atoms with van der Waals surface area (Å²) in [4.78, 5) is 15.0. The van der Waals surface area contributed by atoms with Gasteiger partial charge in [-0.05, 0) is 31.4 Å². The summed E-state index contributed by atoms with van der Waals surface area (Å²) in [6.45, 7) is 4.28. The predicted molar refractivity (Wildman–Crippen MR) is 90.8 cm³/mol. The Morgan fingerprint density at radius 2 is 1.55 bits per heavy atom. The summed E-state index contributed by atoms with van der Waals surface area (Å²) >= 11 is 0. The molecule has 2 aromatic rings. The molecule has 1 fully saturated rings. The van der Waals surface area contributed by atoms with Gasteiger partial charge in [0.1, 0.15) is 0 Å². The van der Waals surface area contributed by atoms with Gasteiger partial charge in [0.05, 0.1) is 0 Å². The number of rotatable bonds is 4. The van der Waals surface area contributed by atoms with Crippen molar-refractivity contribution in [2.24, 2.45) is 0 Å². The smallest absolute Gasteiger partial charge is 0.193 e. The van der Waals surface area contributed by atoms with Gasteiger partial charge in [0.25, 0.3) is 0 Å². The SMILES string of the molecule is C/C=C(/c1cccc(C(=O)c2ccccc2)c1)N1CCCC1. The van der Waals surface area contributed by atoms with Crippen LogP contribution in [-0.4, -0.2) is 23.8 Å². The van der Waals surface area contributed by atoms with Gasteiger partial charge < -0.3 is 4.90 Å². The van der Waals surface area contributed by atoms with Crippen LogP contribution in [0.5, 0.6) is 0 Å². The summed E-state index contributed by atoms with van der Waals surface area (Å²) in [5, 5.41) is 0. The molecule has 1 saturated heterocycles. The van der Waals surface area contributed by atoms with Gasteiger partial charge in [-0.2, -0.15) is 0 Å². The number of hydrogen-bond donors (Lipinski definition) is 0. The van der Waals surface area contributed by atoms with Crippen LogP contribution in [0.2, 0.25) is 0 Å². The molecule has 1 aliphatic rings. The molecule has 22 heavy (non-hydrogen) atoms. The summed E-state index contributed by atoms with van der Waals surface area (Å²) in [6, 6.07) is 17.5. The summed E-state index contributed by atoms with van der Waals surface area (Å²) in [6.07, 6.45) is 4.65. The summed E-state index contributed by atoms with van der Waals surface area (Å²) < 4.78 is 0. The quantitative estimate of drug-likeness (QED) is 0.779. The van der Waals surface area contributed by atoms with E-state index in [1.54, 1.807) is 0 Å². The summed E-state index contributed by atoms with van der Waals surface area (Å²) in [5.74, 6) is 0.0827. The number of allylic oxidation sites excluding steroid dienone is 1. The molecule has 0 spiro atoms. The molecule has 2 heteroatoms. The van der Waals surface area contributed by atoms with E-state index in [0.29, 0.717) is 0 Å². The van der Waals surface area contributed by atoms with Crippen LogP contribution < -0.4 is 0 Å². The molecule has 3 rings (SSSR count). The fraction of sp³-hybridized carbons (Fsp3) is 0.250. The minimum atomic E-state index is 0.0827. The standard InChI is InChI=1S/C20H21NO/c1-2-19(21-13-6-7-14-21)17-11-8-12-18(15-17)20(22)16-9-4-3-5-10-16/h2-5,8-12,15H,6-7,13-14H2,1H3/b19-2-. The molecule has 0 saturated carbocycles. The van der Waals surface area contributed by atoms with E-state index in [1.165, 1.54) is 18.5 Å². The first kappa shape index (κ1) is 14.6. The van der Waals surface area contributed by atoms with Gasteiger partial charge in [-0.1, -0.05) is 54.6 Å². The third kappa shape index (κ3) is 2.96. The van der Waals surface area contributed by atoms with E-state index in [2.05, 4.69) is 24.0 Å². The average molecular weight is 291 g/mol. The Hall–Kier alpha value is -2.35. The second-order valence-corrected chi connectivity index (χ2v) is 5.64. The maximum absolute atomic E-state index is 12.6. The van der Waals surface area contributed by atoms with E-state index in [-0.39, 0.29) is 5.78 Å². The number of nitrogens with zero attached hydrogens (tertiary/aromatic N) is 1. The van der Waals surface area contributed by atoms with Crippen molar-refractivity contribution in [1.82, 2.24) is 4.90 Å². The maximum Gasteiger partial charge on any atom is 0.193 e. The van der Waals surface area contributed by atoms with Crippen LogP contribution in [0.3, 0.4) is 0 Å². The Kier molecular flexibility index (Phi) is 4.38. The first-order valence-electron chi connectivity index (χ1n) is 7.91. The van der Waals surface area contributed by atoms with Gasteiger partial charge in [0, 0.05) is 29.9 Å². The van der Waals surface area contributed by atoms with E-state index in [1.807, 2.05) is 48.5 Å². The minimum Gasteiger partial charge on any atom is -0.371 e. The van der Waals surface area contributed by atoms with E-state index < -0.39 is 0 Å². The third-order valence-electron chi connectivity index (χ3n) is 4.18. The van der Waals surface area contributed by atoms with Gasteiger partial charge in [-0.25, -0.2) is 0 Å². The highest BCUT2D eigenvalue weighted by atomic mass is 16.1. The van der Waals surface area contributed by atoms with Crippen molar-refractivity contribution in [2.45, 2.75) is 19.8 Å². The lowest BCUT2D eigenvalue weighted by molar-refractivity contribution is 0.103. The Balaban J connectivity index is 1.91. The van der Waals surface area contributed by atoms with Crippen molar-refractivity contribution >= 4 is 11.5 Å². The number of ketones is 1. The van der Waals surface area contributed by atoms with Crippen LogP contribution in [0, 0.1) is 0 Å². The van der Waals surface area contributed by atoms with E-state index in [4.69, 9.17) is 0 Å². The Morgan fingerprint density at radius 1 is 0.909 bits per heavy atom. The molecular weight excluding hydrogens is 270 g/mol. The Labute approximate surface area is 132 Å². The minimum absolute atomic E-state index is 0.0827. The highest BCUT2D eigenvalue weighted by molar-refractivity contribution is 6.09. The molecule has 1 heterocycles. The fourth-order valence-electron chi connectivity index (χ4n) is 3.07. The Morgan fingerprint density at radius 3 is 2.23 bits per heavy atom. The van der Waals surface area contributed by atoms with Gasteiger partial charge >= 0.3 is 0 Å². The van der Waals surface area contributed by atoms with Crippen LogP contribution in [0.4, 0.5) is 0 Å². The van der Waals surface area contributed by atoms with Crippen molar-refractivity contribution < 1.29 is 4.79 Å². The zero-order valence-corrected chi connectivity index (χ0v) is 13.0. The predicted octanol–water partition coefficient (Wildman–Crippen LogP) is 4.37. The molecule has 0 radical (unpaired) electrons. The number of hydrogen-bond acceptors (Lipinski definition) is 2. The highest BCUT2D eigenvalue weighted by Gasteiger charge is 2.17. The molecule has 112 valence electrons. The maximum atomic E-state index is 12.6. The average Bonchev–Trinajstić information content (AvgIpc) is 3.10. The van der Waals surface area contributed by atoms with Crippen LogP contribution >= 0.6 is 0 Å². The van der Waals surface area contributed by atoms with E-state index in [9.17, 15) is 4.79 Å². The molecule has 2 aromatic carbocycles. The molecule has 0 bridgehead atoms. The summed E-state index contributed by atoms with van der Waals surface area (Å²) in [7, 11) is 0. The van der Waals surface area contributed by atoms with E-state index in [0.717, 1.165) is 29.8 Å². The van der Waals surface area contributed by atoms with Crippen LogP contribution in [0.15, 0.2) is 60.7 Å². The van der Waals surface area contributed by atoms with Crippen molar-refractivity contribution in [3.63, 3.8) is 0 Å². The molecular formula is C20H21NO. The molecule has 0 atom stereocenters. The molecule has 1 aliphatic heterocycles. The molecule has 0 unspecified atom stereocenters. The molecule has 0 amide bonds. The van der Waals surface area contributed by atoms with Crippen molar-refractivity contribution in [3.8, 4) is 0 Å². The molecule has 0 N–H and O–H groups in total. The normalized spacial score (nSPS) is 15.1. The van der Waals surface area contributed by atoms with Gasteiger partial charge in [-0.3, -0.25) is 4.79 Å². The number of benzene rings is 2. The molecule has 2 nitrogen and oxygen atoms in total. The first-order valence-corrected chi connectivity index (χ1v) is 7.91. The number of likely N-dealkylation sites (tertiary alicyclic amines) is 1. The van der Waals surface area contributed by atoms with Gasteiger partial charge in [0.2, 0.25) is 0 Å².